The maximum absolute atomic E-state index is 15.0. The Hall–Kier alpha value is -5.76. The Bertz CT molecular complexity index is 2430. The number of carbonyl (C=O) groups is 4. The van der Waals surface area contributed by atoms with Crippen LogP contribution in [0.3, 0.4) is 0 Å². The second-order valence-corrected chi connectivity index (χ2v) is 19.2. The number of piperidine rings is 1. The van der Waals surface area contributed by atoms with Crippen LogP contribution in [0.4, 0.5) is 0 Å². The number of aryl methyl sites for hydroxylation is 1. The third kappa shape index (κ3) is 9.29. The zero-order valence-electron chi connectivity index (χ0n) is 35.5. The minimum atomic E-state index is -4.29. The molecule has 1 aromatic heterocycles. The maximum atomic E-state index is 15.0. The van der Waals surface area contributed by atoms with Gasteiger partial charge in [-0.1, -0.05) is 74.9 Å². The zero-order chi connectivity index (χ0) is 43.7. The van der Waals surface area contributed by atoms with E-state index in [9.17, 15) is 27.6 Å². The van der Waals surface area contributed by atoms with Crippen molar-refractivity contribution in [3.63, 3.8) is 0 Å². The normalized spacial score (nSPS) is 22.0. The Kier molecular flexibility index (Phi) is 12.3. The van der Waals surface area contributed by atoms with E-state index in [2.05, 4.69) is 16.6 Å². The van der Waals surface area contributed by atoms with Crippen molar-refractivity contribution in [3.8, 4) is 22.8 Å². The molecule has 5 atom stereocenters. The van der Waals surface area contributed by atoms with E-state index in [1.807, 2.05) is 87.2 Å². The van der Waals surface area contributed by atoms with Crippen LogP contribution in [0.2, 0.25) is 0 Å². The van der Waals surface area contributed by atoms with Gasteiger partial charge in [-0.05, 0) is 62.3 Å². The van der Waals surface area contributed by atoms with Crippen LogP contribution in [-0.4, -0.2) is 91.3 Å². The minimum Gasteiger partial charge on any atom is -0.497 e. The van der Waals surface area contributed by atoms with Gasteiger partial charge >= 0.3 is 0 Å². The van der Waals surface area contributed by atoms with Crippen molar-refractivity contribution in [2.24, 2.45) is 17.3 Å². The summed E-state index contributed by atoms with van der Waals surface area (Å²) in [7, 11) is -2.71. The standard InChI is InChI=1S/C47H55N5O8S/c1-7-32-28-47(32,45(56)50-61(57,58)35-19-16-30(2)17-20-35)49-43(54)40-25-34(29-52(40)44(55)37(46(3,4)5)26-42(53)51-22-12-9-13-23-51)60-41-27-38(31-14-10-8-11-15-31)48-39-24-33(59-6)18-21-36(39)41/h7-8,10-11,14-21,24,27,32,34,37,40H,1,9,12-13,22-23,25-26,28-29H2,2-6H3,(H,49,54)(H,50,56)/t32-,34+,37+,40-,47+/m0/s1. The van der Waals surface area contributed by atoms with E-state index in [-0.39, 0.29) is 42.5 Å². The first kappa shape index (κ1) is 43.3. The molecule has 13 nitrogen and oxygen atoms in total. The summed E-state index contributed by atoms with van der Waals surface area (Å²) in [6, 6.07) is 21.9. The number of nitrogens with zero attached hydrogens (tertiary/aromatic N) is 3. The number of carbonyl (C=O) groups excluding carboxylic acids is 4. The summed E-state index contributed by atoms with van der Waals surface area (Å²) in [6.45, 7) is 12.7. The van der Waals surface area contributed by atoms with Gasteiger partial charge in [-0.2, -0.15) is 0 Å². The van der Waals surface area contributed by atoms with Crippen molar-refractivity contribution in [1.29, 1.82) is 0 Å². The van der Waals surface area contributed by atoms with Crippen LogP contribution in [0.1, 0.15) is 64.9 Å². The van der Waals surface area contributed by atoms with Gasteiger partial charge in [-0.3, -0.25) is 19.2 Å². The summed E-state index contributed by atoms with van der Waals surface area (Å²) in [5.41, 5.74) is 0.695. The number of amides is 4. The fourth-order valence-corrected chi connectivity index (χ4v) is 9.49. The van der Waals surface area contributed by atoms with Crippen molar-refractivity contribution in [2.45, 2.75) is 88.8 Å². The highest BCUT2D eigenvalue weighted by Gasteiger charge is 2.61. The number of fused-ring (bicyclic) bond motifs is 1. The molecule has 1 saturated carbocycles. The fourth-order valence-electron chi connectivity index (χ4n) is 8.45. The molecule has 3 aliphatic rings. The van der Waals surface area contributed by atoms with Crippen LogP contribution in [0.15, 0.2) is 96.4 Å². The lowest BCUT2D eigenvalue weighted by Crippen LogP contribution is -2.57. The van der Waals surface area contributed by atoms with E-state index in [1.54, 1.807) is 19.2 Å². The highest BCUT2D eigenvalue weighted by molar-refractivity contribution is 7.90. The predicted octanol–water partition coefficient (Wildman–Crippen LogP) is 6.20. The molecule has 322 valence electrons. The van der Waals surface area contributed by atoms with Gasteiger partial charge < -0.3 is 24.6 Å². The molecule has 2 N–H and O–H groups in total. The smallest absolute Gasteiger partial charge is 0.264 e. The second kappa shape index (κ2) is 17.3. The number of pyridine rings is 1. The molecule has 0 bridgehead atoms. The number of sulfonamides is 1. The van der Waals surface area contributed by atoms with E-state index >= 15 is 0 Å². The lowest BCUT2D eigenvalue weighted by Gasteiger charge is -2.36. The Morgan fingerprint density at radius 2 is 1.69 bits per heavy atom. The average Bonchev–Trinajstić information content (AvgIpc) is 3.81. The van der Waals surface area contributed by atoms with Gasteiger partial charge in [-0.25, -0.2) is 18.1 Å². The minimum absolute atomic E-state index is 0.00787. The van der Waals surface area contributed by atoms with Gasteiger partial charge in [0.2, 0.25) is 17.7 Å². The molecular weight excluding hydrogens is 795 g/mol. The first-order chi connectivity index (χ1) is 29.0. The highest BCUT2D eigenvalue weighted by atomic mass is 32.2. The fraction of sp³-hybridized carbons (Fsp3) is 0.426. The van der Waals surface area contributed by atoms with Crippen molar-refractivity contribution in [2.75, 3.05) is 26.7 Å². The van der Waals surface area contributed by atoms with E-state index in [4.69, 9.17) is 14.5 Å². The van der Waals surface area contributed by atoms with Crippen LogP contribution < -0.4 is 19.5 Å². The van der Waals surface area contributed by atoms with E-state index < -0.39 is 56.8 Å². The Labute approximate surface area is 357 Å². The van der Waals surface area contributed by atoms with Gasteiger partial charge in [0.05, 0.1) is 35.7 Å². The summed E-state index contributed by atoms with van der Waals surface area (Å²) in [5, 5.41) is 3.57. The molecule has 14 heteroatoms. The van der Waals surface area contributed by atoms with Gasteiger partial charge in [0.15, 0.2) is 0 Å². The number of rotatable bonds is 13. The molecule has 7 rings (SSSR count). The molecule has 2 saturated heterocycles. The van der Waals surface area contributed by atoms with Gasteiger partial charge in [0.1, 0.15) is 29.2 Å². The summed E-state index contributed by atoms with van der Waals surface area (Å²) in [4.78, 5) is 65.4. The molecule has 3 fully saturated rings. The predicted molar refractivity (Wildman–Crippen MR) is 232 cm³/mol. The maximum Gasteiger partial charge on any atom is 0.264 e. The van der Waals surface area contributed by atoms with Gasteiger partial charge in [0.25, 0.3) is 15.9 Å². The van der Waals surface area contributed by atoms with E-state index in [0.717, 1.165) is 30.4 Å². The molecule has 2 aliphatic heterocycles. The number of aromatic nitrogens is 1. The largest absolute Gasteiger partial charge is 0.497 e. The molecule has 0 spiro atoms. The Morgan fingerprint density at radius 1 is 0.984 bits per heavy atom. The molecule has 61 heavy (non-hydrogen) atoms. The Balaban J connectivity index is 1.21. The van der Waals surface area contributed by atoms with E-state index in [0.29, 0.717) is 41.2 Å². The van der Waals surface area contributed by atoms with Crippen LogP contribution in [0.25, 0.3) is 22.2 Å². The first-order valence-electron chi connectivity index (χ1n) is 20.9. The van der Waals surface area contributed by atoms with Crippen LogP contribution in [0.5, 0.6) is 11.5 Å². The summed E-state index contributed by atoms with van der Waals surface area (Å²) in [5.74, 6) is -2.28. The van der Waals surface area contributed by atoms with Crippen molar-refractivity contribution < 1.29 is 37.1 Å². The topological polar surface area (TPSA) is 164 Å². The molecule has 4 amide bonds. The van der Waals surface area contributed by atoms with Crippen molar-refractivity contribution in [1.82, 2.24) is 24.8 Å². The SMILES string of the molecule is C=C[C@H]1C[C@]1(NC(=O)[C@@H]1C[C@@H](Oc2cc(-c3ccccc3)nc3cc(OC)ccc23)CN1C(=O)[C@@H](CC(=O)N1CCCCC1)C(C)(C)C)C(=O)NS(=O)(=O)c1ccc(C)cc1. The van der Waals surface area contributed by atoms with Gasteiger partial charge in [-0.15, -0.1) is 6.58 Å². The number of nitrogens with one attached hydrogen (secondary N) is 2. The highest BCUT2D eigenvalue weighted by Crippen LogP contribution is 2.46. The molecule has 0 radical (unpaired) electrons. The van der Waals surface area contributed by atoms with Crippen LogP contribution in [0, 0.1) is 24.2 Å². The third-order valence-corrected chi connectivity index (χ3v) is 13.6. The lowest BCUT2D eigenvalue weighted by atomic mass is 9.77. The first-order valence-corrected chi connectivity index (χ1v) is 22.4. The second-order valence-electron chi connectivity index (χ2n) is 17.6. The zero-order valence-corrected chi connectivity index (χ0v) is 36.3. The van der Waals surface area contributed by atoms with Gasteiger partial charge in [0, 0.05) is 54.9 Å². The monoisotopic (exact) mass is 849 g/mol. The molecule has 3 heterocycles. The lowest BCUT2D eigenvalue weighted by molar-refractivity contribution is -0.148. The molecular formula is C47H55N5O8S. The van der Waals surface area contributed by atoms with Crippen LogP contribution >= 0.6 is 0 Å². The summed E-state index contributed by atoms with van der Waals surface area (Å²) in [6.07, 6.45) is 3.81. The number of likely N-dealkylation sites (tertiary alicyclic amines) is 2. The number of ether oxygens (including phenoxy) is 2. The average molecular weight is 850 g/mol. The van der Waals surface area contributed by atoms with Crippen molar-refractivity contribution in [3.05, 3.63) is 97.1 Å². The quantitative estimate of drug-likeness (QED) is 0.149. The third-order valence-electron chi connectivity index (χ3n) is 12.2. The molecule has 3 aromatic carbocycles. The Morgan fingerprint density at radius 3 is 2.33 bits per heavy atom. The molecule has 4 aromatic rings. The van der Waals surface area contributed by atoms with Crippen LogP contribution in [-0.2, 0) is 29.2 Å². The van der Waals surface area contributed by atoms with Crippen molar-refractivity contribution >= 4 is 44.6 Å². The molecule has 0 unspecified atom stereocenters. The molecule has 1 aliphatic carbocycles. The van der Waals surface area contributed by atoms with E-state index in [1.165, 1.54) is 23.1 Å². The number of hydrogen-bond donors (Lipinski definition) is 2. The number of benzene rings is 3. The summed E-state index contributed by atoms with van der Waals surface area (Å²) >= 11 is 0. The number of methoxy groups -OCH3 is 1. The number of hydrogen-bond acceptors (Lipinski definition) is 9. The summed E-state index contributed by atoms with van der Waals surface area (Å²) < 4.78 is 41.2.